The van der Waals surface area contributed by atoms with Crippen LogP contribution >= 0.6 is 0 Å². The smallest absolute Gasteiger partial charge is 0.245 e. The van der Waals surface area contributed by atoms with E-state index in [0.717, 1.165) is 42.9 Å². The molecule has 1 unspecified atom stereocenters. The summed E-state index contributed by atoms with van der Waals surface area (Å²) in [5, 5.41) is 11.6. The third-order valence-corrected chi connectivity index (χ3v) is 10.3. The van der Waals surface area contributed by atoms with Crippen molar-refractivity contribution >= 4 is 5.91 Å². The average Bonchev–Trinajstić information content (AvgIpc) is 3.09. The minimum atomic E-state index is -0.119. The maximum atomic E-state index is 12.2. The SMILES string of the molecule is CON(C)C(=O)CCC(C)[C@H]1CC[C@H]2[C@@H]3CC=C4C[C@@H](O)CC[C@]4(C)[C@H]3CC[C@]12C. The normalized spacial score (nSPS) is 43.8. The van der Waals surface area contributed by atoms with Gasteiger partial charge in [0.15, 0.2) is 0 Å². The quantitative estimate of drug-likeness (QED) is 0.484. The second-order valence-corrected chi connectivity index (χ2v) is 11.5. The molecule has 0 aromatic heterocycles. The Balaban J connectivity index is 1.47. The van der Waals surface area contributed by atoms with Crippen LogP contribution < -0.4 is 0 Å². The molecule has 0 spiro atoms. The van der Waals surface area contributed by atoms with Crippen molar-refractivity contribution in [1.82, 2.24) is 5.06 Å². The second kappa shape index (κ2) is 8.24. The van der Waals surface area contributed by atoms with Gasteiger partial charge in [0.05, 0.1) is 13.2 Å². The lowest BCUT2D eigenvalue weighted by Crippen LogP contribution is -2.50. The predicted molar refractivity (Wildman–Crippen MR) is 119 cm³/mol. The molecule has 0 aliphatic heterocycles. The van der Waals surface area contributed by atoms with E-state index < -0.39 is 0 Å². The molecule has 8 atom stereocenters. The lowest BCUT2D eigenvalue weighted by molar-refractivity contribution is -0.169. The van der Waals surface area contributed by atoms with Crippen molar-refractivity contribution in [2.24, 2.45) is 40.4 Å². The van der Waals surface area contributed by atoms with Crippen molar-refractivity contribution in [3.8, 4) is 0 Å². The number of allylic oxidation sites excluding steroid dienone is 1. The van der Waals surface area contributed by atoms with E-state index in [0.29, 0.717) is 23.2 Å². The highest BCUT2D eigenvalue weighted by atomic mass is 16.7. The first-order valence-electron chi connectivity index (χ1n) is 12.4. The maximum Gasteiger partial charge on any atom is 0.245 e. The van der Waals surface area contributed by atoms with E-state index in [2.05, 4.69) is 26.8 Å². The van der Waals surface area contributed by atoms with Crippen molar-refractivity contribution in [3.63, 3.8) is 0 Å². The summed E-state index contributed by atoms with van der Waals surface area (Å²) in [4.78, 5) is 17.3. The largest absolute Gasteiger partial charge is 0.393 e. The minimum Gasteiger partial charge on any atom is -0.393 e. The fraction of sp³-hybridized carbons (Fsp3) is 0.885. The molecule has 170 valence electrons. The number of rotatable bonds is 5. The third kappa shape index (κ3) is 3.56. The van der Waals surface area contributed by atoms with Gasteiger partial charge in [-0.05, 0) is 98.2 Å². The summed E-state index contributed by atoms with van der Waals surface area (Å²) >= 11 is 0. The first kappa shape index (κ1) is 22.3. The monoisotopic (exact) mass is 417 g/mol. The number of hydrogen-bond donors (Lipinski definition) is 1. The van der Waals surface area contributed by atoms with E-state index in [-0.39, 0.29) is 12.0 Å². The van der Waals surface area contributed by atoms with Gasteiger partial charge in [-0.3, -0.25) is 9.63 Å². The third-order valence-electron chi connectivity index (χ3n) is 10.3. The highest BCUT2D eigenvalue weighted by Gasteiger charge is 2.59. The minimum absolute atomic E-state index is 0.0881. The zero-order valence-corrected chi connectivity index (χ0v) is 19.8. The van der Waals surface area contributed by atoms with Crippen LogP contribution in [0.1, 0.15) is 85.0 Å². The van der Waals surface area contributed by atoms with Gasteiger partial charge in [0.1, 0.15) is 0 Å². The standard InChI is InChI=1S/C26H43NO3/c1-17(6-11-24(29)27(4)30-5)21-9-10-22-20-8-7-18-16-19(28)12-14-25(18,2)23(20)13-15-26(21,22)3/h7,17,19-23,28H,6,8-16H2,1-5H3/t17?,19-,20-,21+,22-,23-,25-,26+/m0/s1. The lowest BCUT2D eigenvalue weighted by atomic mass is 9.47. The van der Waals surface area contributed by atoms with Gasteiger partial charge in [0.25, 0.3) is 0 Å². The number of aliphatic hydroxyl groups excluding tert-OH is 1. The number of aliphatic hydroxyl groups is 1. The van der Waals surface area contributed by atoms with Crippen LogP contribution in [0.25, 0.3) is 0 Å². The van der Waals surface area contributed by atoms with Crippen LogP contribution in [-0.2, 0) is 9.63 Å². The number of hydrogen-bond acceptors (Lipinski definition) is 3. The molecule has 0 radical (unpaired) electrons. The van der Waals surface area contributed by atoms with Crippen LogP contribution in [0.4, 0.5) is 0 Å². The molecule has 4 aliphatic rings. The Labute approximate surface area is 183 Å². The molecule has 1 N–H and O–H groups in total. The number of hydroxylamine groups is 2. The number of fused-ring (bicyclic) bond motifs is 5. The van der Waals surface area contributed by atoms with Gasteiger partial charge in [0.2, 0.25) is 5.91 Å². The predicted octanol–water partition coefficient (Wildman–Crippen LogP) is 5.36. The molecule has 0 aromatic carbocycles. The molecule has 3 saturated carbocycles. The summed E-state index contributed by atoms with van der Waals surface area (Å²) in [6.45, 7) is 7.47. The Bertz CT molecular complexity index is 690. The number of carbonyl (C=O) groups is 1. The first-order chi connectivity index (χ1) is 14.2. The highest BCUT2D eigenvalue weighted by molar-refractivity contribution is 5.74. The van der Waals surface area contributed by atoms with Gasteiger partial charge >= 0.3 is 0 Å². The zero-order valence-electron chi connectivity index (χ0n) is 19.8. The molecular weight excluding hydrogens is 374 g/mol. The van der Waals surface area contributed by atoms with E-state index in [1.165, 1.54) is 43.6 Å². The summed E-state index contributed by atoms with van der Waals surface area (Å²) in [6.07, 6.45) is 13.6. The lowest BCUT2D eigenvalue weighted by Gasteiger charge is -2.58. The van der Waals surface area contributed by atoms with Crippen molar-refractivity contribution in [2.75, 3.05) is 14.2 Å². The van der Waals surface area contributed by atoms with Crippen LogP contribution in [0.3, 0.4) is 0 Å². The van der Waals surface area contributed by atoms with Gasteiger partial charge < -0.3 is 5.11 Å². The molecule has 0 bridgehead atoms. The van der Waals surface area contributed by atoms with Gasteiger partial charge in [-0.25, -0.2) is 5.06 Å². The average molecular weight is 418 g/mol. The number of amides is 1. The van der Waals surface area contributed by atoms with E-state index in [9.17, 15) is 9.90 Å². The van der Waals surface area contributed by atoms with Gasteiger partial charge in [-0.15, -0.1) is 0 Å². The Hall–Kier alpha value is -0.870. The van der Waals surface area contributed by atoms with Crippen LogP contribution in [0.2, 0.25) is 0 Å². The molecule has 3 fully saturated rings. The van der Waals surface area contributed by atoms with E-state index in [4.69, 9.17) is 4.84 Å². The Morgan fingerprint density at radius 3 is 2.73 bits per heavy atom. The van der Waals surface area contributed by atoms with E-state index in [1.807, 2.05) is 0 Å². The molecule has 1 amide bonds. The molecule has 0 saturated heterocycles. The van der Waals surface area contributed by atoms with E-state index >= 15 is 0 Å². The second-order valence-electron chi connectivity index (χ2n) is 11.5. The van der Waals surface area contributed by atoms with Crippen molar-refractivity contribution in [1.29, 1.82) is 0 Å². The van der Waals surface area contributed by atoms with Crippen LogP contribution in [0.15, 0.2) is 11.6 Å². The van der Waals surface area contributed by atoms with Crippen molar-refractivity contribution < 1.29 is 14.7 Å². The van der Waals surface area contributed by atoms with E-state index in [1.54, 1.807) is 19.7 Å². The molecule has 30 heavy (non-hydrogen) atoms. The zero-order chi connectivity index (χ0) is 21.7. The molecule has 0 aromatic rings. The van der Waals surface area contributed by atoms with Crippen molar-refractivity contribution in [2.45, 2.75) is 91.1 Å². The Morgan fingerprint density at radius 2 is 2.00 bits per heavy atom. The van der Waals surface area contributed by atoms with Gasteiger partial charge in [0, 0.05) is 13.5 Å². The highest BCUT2D eigenvalue weighted by Crippen LogP contribution is 2.67. The summed E-state index contributed by atoms with van der Waals surface area (Å²) in [7, 11) is 3.26. The fourth-order valence-electron chi connectivity index (χ4n) is 8.43. The summed E-state index contributed by atoms with van der Waals surface area (Å²) in [5.74, 6) is 3.84. The maximum absolute atomic E-state index is 12.2. The topological polar surface area (TPSA) is 49.8 Å². The van der Waals surface area contributed by atoms with Crippen LogP contribution in [-0.4, -0.2) is 36.3 Å². The van der Waals surface area contributed by atoms with Crippen LogP contribution in [0.5, 0.6) is 0 Å². The van der Waals surface area contributed by atoms with Gasteiger partial charge in [-0.1, -0.05) is 32.4 Å². The fourth-order valence-corrected chi connectivity index (χ4v) is 8.43. The molecule has 0 heterocycles. The summed E-state index contributed by atoms with van der Waals surface area (Å²) in [6, 6.07) is 0. The molecule has 4 nitrogen and oxygen atoms in total. The number of carbonyl (C=O) groups excluding carboxylic acids is 1. The first-order valence-corrected chi connectivity index (χ1v) is 12.4. The summed E-state index contributed by atoms with van der Waals surface area (Å²) < 4.78 is 0. The Kier molecular flexibility index (Phi) is 6.13. The van der Waals surface area contributed by atoms with Crippen molar-refractivity contribution in [3.05, 3.63) is 11.6 Å². The van der Waals surface area contributed by atoms with Crippen LogP contribution in [0, 0.1) is 40.4 Å². The molecule has 4 aliphatic carbocycles. The van der Waals surface area contributed by atoms with Gasteiger partial charge in [-0.2, -0.15) is 0 Å². The Morgan fingerprint density at radius 1 is 1.23 bits per heavy atom. The molecular formula is C26H43NO3. The summed E-state index contributed by atoms with van der Waals surface area (Å²) in [5.41, 5.74) is 2.31. The number of nitrogens with zero attached hydrogens (tertiary/aromatic N) is 1. The molecule has 4 rings (SSSR count). The molecule has 4 heteroatoms.